The molecule has 4 aromatic rings. The Labute approximate surface area is 168 Å². The van der Waals surface area contributed by atoms with Crippen molar-refractivity contribution in [3.05, 3.63) is 41.8 Å². The van der Waals surface area contributed by atoms with E-state index >= 15 is 0 Å². The van der Waals surface area contributed by atoms with Gasteiger partial charge < -0.3 is 10.1 Å². The summed E-state index contributed by atoms with van der Waals surface area (Å²) in [5.41, 5.74) is 2.78. The summed E-state index contributed by atoms with van der Waals surface area (Å²) in [5, 5.41) is 23.6. The molecule has 3 N–H and O–H groups in total. The normalized spacial score (nSPS) is 10.8. The molecule has 1 aromatic carbocycles. The van der Waals surface area contributed by atoms with E-state index in [0.29, 0.717) is 26.5 Å². The SMILES string of the molecule is CCOC(=O)Nc1cncc(-c2nnc(Nc3ccc4[nH]ncc4c3Cl)s2)c1. The number of nitrogens with zero attached hydrogens (tertiary/aromatic N) is 4. The van der Waals surface area contributed by atoms with E-state index in [-0.39, 0.29) is 6.61 Å². The molecule has 0 aliphatic carbocycles. The van der Waals surface area contributed by atoms with E-state index in [1.807, 2.05) is 12.1 Å². The number of rotatable bonds is 5. The van der Waals surface area contributed by atoms with Gasteiger partial charge in [-0.05, 0) is 25.1 Å². The van der Waals surface area contributed by atoms with E-state index in [1.165, 1.54) is 17.5 Å². The number of halogens is 1. The number of aromatic amines is 1. The highest BCUT2D eigenvalue weighted by Crippen LogP contribution is 2.34. The Bertz CT molecular complexity index is 1140. The number of anilines is 3. The first-order valence-corrected chi connectivity index (χ1v) is 9.45. The number of amides is 1. The summed E-state index contributed by atoms with van der Waals surface area (Å²) in [5.74, 6) is 0. The quantitative estimate of drug-likeness (QED) is 0.441. The fourth-order valence-electron chi connectivity index (χ4n) is 2.50. The maximum Gasteiger partial charge on any atom is 0.411 e. The lowest BCUT2D eigenvalue weighted by atomic mass is 10.2. The van der Waals surface area contributed by atoms with Gasteiger partial charge in [0.25, 0.3) is 0 Å². The Morgan fingerprint density at radius 3 is 3.04 bits per heavy atom. The fraction of sp³-hybridized carbons (Fsp3) is 0.118. The van der Waals surface area contributed by atoms with Crippen LogP contribution in [0.25, 0.3) is 21.5 Å². The van der Waals surface area contributed by atoms with Gasteiger partial charge in [0.1, 0.15) is 0 Å². The summed E-state index contributed by atoms with van der Waals surface area (Å²) < 4.78 is 4.87. The van der Waals surface area contributed by atoms with Gasteiger partial charge in [0.15, 0.2) is 5.01 Å². The molecular formula is C17H14ClN7O2S. The standard InChI is InChI=1S/C17H14ClN7O2S/c1-2-27-17(26)21-10-5-9(6-19-7-10)15-24-25-16(28-15)22-13-4-3-12-11(14(13)18)8-20-23-12/h3-8H,2H2,1H3,(H,20,23)(H,21,26)(H,22,25). The second kappa shape index (κ2) is 7.79. The number of aromatic nitrogens is 5. The minimum Gasteiger partial charge on any atom is -0.450 e. The summed E-state index contributed by atoms with van der Waals surface area (Å²) in [6, 6.07) is 5.47. The van der Waals surface area contributed by atoms with Crippen molar-refractivity contribution in [2.24, 2.45) is 0 Å². The van der Waals surface area contributed by atoms with E-state index in [0.717, 1.165) is 16.5 Å². The maximum atomic E-state index is 11.6. The maximum absolute atomic E-state index is 11.6. The molecule has 0 saturated carbocycles. The third kappa shape index (κ3) is 3.73. The number of H-pyrrole nitrogens is 1. The monoisotopic (exact) mass is 415 g/mol. The largest absolute Gasteiger partial charge is 0.450 e. The Morgan fingerprint density at radius 1 is 1.29 bits per heavy atom. The first-order valence-electron chi connectivity index (χ1n) is 8.25. The number of hydrogen-bond acceptors (Lipinski definition) is 8. The average Bonchev–Trinajstić information content (AvgIpc) is 3.34. The lowest BCUT2D eigenvalue weighted by Crippen LogP contribution is -2.13. The molecular weight excluding hydrogens is 402 g/mol. The van der Waals surface area contributed by atoms with Gasteiger partial charge in [-0.1, -0.05) is 22.9 Å². The Kier molecular flexibility index (Phi) is 5.04. The number of nitrogens with one attached hydrogen (secondary N) is 3. The van der Waals surface area contributed by atoms with Gasteiger partial charge in [0, 0.05) is 17.1 Å². The lowest BCUT2D eigenvalue weighted by Gasteiger charge is -2.05. The first kappa shape index (κ1) is 18.1. The van der Waals surface area contributed by atoms with Crippen LogP contribution in [0.3, 0.4) is 0 Å². The summed E-state index contributed by atoms with van der Waals surface area (Å²) in [6.07, 6.45) is 4.30. The highest BCUT2D eigenvalue weighted by molar-refractivity contribution is 7.18. The minimum absolute atomic E-state index is 0.289. The molecule has 0 bridgehead atoms. The van der Waals surface area contributed by atoms with Crippen LogP contribution in [-0.4, -0.2) is 38.1 Å². The Morgan fingerprint density at radius 2 is 2.18 bits per heavy atom. The van der Waals surface area contributed by atoms with Gasteiger partial charge in [-0.3, -0.25) is 15.4 Å². The van der Waals surface area contributed by atoms with Crippen molar-refractivity contribution in [2.75, 3.05) is 17.2 Å². The molecule has 0 aliphatic heterocycles. The summed E-state index contributed by atoms with van der Waals surface area (Å²) >= 11 is 7.76. The minimum atomic E-state index is -0.537. The van der Waals surface area contributed by atoms with E-state index in [2.05, 4.69) is 36.0 Å². The molecule has 3 aromatic heterocycles. The van der Waals surface area contributed by atoms with Gasteiger partial charge in [0.05, 0.1) is 40.9 Å². The van der Waals surface area contributed by atoms with Crippen molar-refractivity contribution >= 4 is 56.4 Å². The Hall–Kier alpha value is -3.24. The van der Waals surface area contributed by atoms with Gasteiger partial charge in [0.2, 0.25) is 5.13 Å². The van der Waals surface area contributed by atoms with Crippen LogP contribution in [0.2, 0.25) is 5.02 Å². The number of carbonyl (C=O) groups excluding carboxylic acids is 1. The van der Waals surface area contributed by atoms with Gasteiger partial charge in [-0.25, -0.2) is 4.79 Å². The molecule has 1 amide bonds. The molecule has 28 heavy (non-hydrogen) atoms. The lowest BCUT2D eigenvalue weighted by molar-refractivity contribution is 0.168. The molecule has 0 aliphatic rings. The average molecular weight is 416 g/mol. The predicted octanol–water partition coefficient (Wildman–Crippen LogP) is 4.44. The van der Waals surface area contributed by atoms with Crippen LogP contribution >= 0.6 is 22.9 Å². The van der Waals surface area contributed by atoms with Crippen molar-refractivity contribution in [1.82, 2.24) is 25.4 Å². The molecule has 0 unspecified atom stereocenters. The molecule has 4 rings (SSSR count). The highest BCUT2D eigenvalue weighted by Gasteiger charge is 2.12. The van der Waals surface area contributed by atoms with Crippen LogP contribution < -0.4 is 10.6 Å². The summed E-state index contributed by atoms with van der Waals surface area (Å²) in [7, 11) is 0. The smallest absolute Gasteiger partial charge is 0.411 e. The van der Waals surface area contributed by atoms with Crippen molar-refractivity contribution in [3.8, 4) is 10.6 Å². The zero-order valence-corrected chi connectivity index (χ0v) is 16.1. The van der Waals surface area contributed by atoms with E-state index in [1.54, 1.807) is 25.4 Å². The molecule has 0 saturated heterocycles. The highest BCUT2D eigenvalue weighted by atomic mass is 35.5. The second-order valence-corrected chi connectivity index (χ2v) is 6.96. The van der Waals surface area contributed by atoms with Crippen LogP contribution in [0.4, 0.5) is 21.3 Å². The first-order chi connectivity index (χ1) is 13.6. The molecule has 142 valence electrons. The number of fused-ring (bicyclic) bond motifs is 1. The number of ether oxygens (including phenoxy) is 1. The van der Waals surface area contributed by atoms with E-state index in [9.17, 15) is 4.79 Å². The number of pyridine rings is 1. The fourth-order valence-corrected chi connectivity index (χ4v) is 3.49. The van der Waals surface area contributed by atoms with Gasteiger partial charge in [-0.2, -0.15) is 5.10 Å². The molecule has 0 spiro atoms. The molecule has 0 atom stereocenters. The van der Waals surface area contributed by atoms with Crippen LogP contribution in [0.1, 0.15) is 6.92 Å². The van der Waals surface area contributed by atoms with Gasteiger partial charge in [-0.15, -0.1) is 10.2 Å². The van der Waals surface area contributed by atoms with Crippen LogP contribution in [0.15, 0.2) is 36.8 Å². The topological polar surface area (TPSA) is 118 Å². The van der Waals surface area contributed by atoms with Crippen molar-refractivity contribution in [2.45, 2.75) is 6.92 Å². The Balaban J connectivity index is 1.54. The number of benzene rings is 1. The molecule has 3 heterocycles. The zero-order chi connectivity index (χ0) is 19.5. The molecule has 0 fully saturated rings. The van der Waals surface area contributed by atoms with Gasteiger partial charge >= 0.3 is 6.09 Å². The molecule has 11 heteroatoms. The number of hydrogen-bond donors (Lipinski definition) is 3. The summed E-state index contributed by atoms with van der Waals surface area (Å²) in [6.45, 7) is 2.03. The van der Waals surface area contributed by atoms with E-state index < -0.39 is 6.09 Å². The molecule has 0 radical (unpaired) electrons. The summed E-state index contributed by atoms with van der Waals surface area (Å²) in [4.78, 5) is 15.7. The molecule has 9 nitrogen and oxygen atoms in total. The van der Waals surface area contributed by atoms with E-state index in [4.69, 9.17) is 16.3 Å². The predicted molar refractivity (Wildman–Crippen MR) is 108 cm³/mol. The van der Waals surface area contributed by atoms with Crippen molar-refractivity contribution in [3.63, 3.8) is 0 Å². The third-order valence-electron chi connectivity index (χ3n) is 3.73. The van der Waals surface area contributed by atoms with Crippen molar-refractivity contribution < 1.29 is 9.53 Å². The second-order valence-electron chi connectivity index (χ2n) is 5.60. The van der Waals surface area contributed by atoms with Crippen molar-refractivity contribution in [1.29, 1.82) is 0 Å². The van der Waals surface area contributed by atoms with Crippen LogP contribution in [-0.2, 0) is 4.74 Å². The zero-order valence-electron chi connectivity index (χ0n) is 14.6. The number of carbonyl (C=O) groups is 1. The third-order valence-corrected chi connectivity index (χ3v) is 5.03. The van der Waals surface area contributed by atoms with Crippen LogP contribution in [0, 0.1) is 0 Å². The van der Waals surface area contributed by atoms with Crippen LogP contribution in [0.5, 0.6) is 0 Å².